The molecule has 45 heavy (non-hydrogen) atoms. The molecule has 0 spiro atoms. The molecule has 9 heteroatoms. The van der Waals surface area contributed by atoms with Crippen molar-refractivity contribution < 1.29 is 28.9 Å². The summed E-state index contributed by atoms with van der Waals surface area (Å²) in [4.78, 5) is 33.6. The standard InChI is InChI=1S/C36H32N2O6S/c1-4-42-26-16-17-27-30(20-26)45-36(37-27)38-32(31(34(40)35(38)41)33(39)24-13-11-22(3)12-14-24)25-15-18-28(29(19-25)43-5-2)44-21-23-9-7-6-8-10-23/h6-20,32,39H,4-5,21H2,1-3H3. The molecule has 1 amide bonds. The minimum atomic E-state index is -0.972. The minimum Gasteiger partial charge on any atom is -0.507 e. The number of aliphatic hydroxyl groups is 1. The third-order valence-electron chi connectivity index (χ3n) is 7.46. The molecule has 1 aliphatic heterocycles. The van der Waals surface area contributed by atoms with Crippen LogP contribution in [0, 0.1) is 6.92 Å². The Bertz CT molecular complexity index is 1900. The Balaban J connectivity index is 1.48. The molecule has 1 atom stereocenters. The van der Waals surface area contributed by atoms with E-state index in [0.717, 1.165) is 15.8 Å². The van der Waals surface area contributed by atoms with Gasteiger partial charge in [0.1, 0.15) is 18.1 Å². The molecular formula is C36H32N2O6S. The number of ketones is 1. The second kappa shape index (κ2) is 12.8. The highest BCUT2D eigenvalue weighted by molar-refractivity contribution is 7.22. The first kappa shape index (κ1) is 29.9. The monoisotopic (exact) mass is 620 g/mol. The number of hydrogen-bond donors (Lipinski definition) is 1. The number of thiazole rings is 1. The predicted molar refractivity (Wildman–Crippen MR) is 175 cm³/mol. The van der Waals surface area contributed by atoms with Gasteiger partial charge in [0.2, 0.25) is 0 Å². The molecule has 2 heterocycles. The van der Waals surface area contributed by atoms with Crippen LogP contribution in [0.5, 0.6) is 17.2 Å². The number of aromatic nitrogens is 1. The summed E-state index contributed by atoms with van der Waals surface area (Å²) in [6.07, 6.45) is 0. The van der Waals surface area contributed by atoms with Gasteiger partial charge in [0.25, 0.3) is 5.78 Å². The molecule has 0 radical (unpaired) electrons. The lowest BCUT2D eigenvalue weighted by molar-refractivity contribution is -0.132. The molecule has 1 unspecified atom stereocenters. The van der Waals surface area contributed by atoms with Crippen molar-refractivity contribution >= 4 is 44.1 Å². The quantitative estimate of drug-likeness (QED) is 0.0975. The second-order valence-electron chi connectivity index (χ2n) is 10.5. The highest BCUT2D eigenvalue weighted by Crippen LogP contribution is 2.46. The van der Waals surface area contributed by atoms with E-state index in [1.54, 1.807) is 30.3 Å². The number of fused-ring (bicyclic) bond motifs is 1. The van der Waals surface area contributed by atoms with Crippen molar-refractivity contribution in [2.24, 2.45) is 0 Å². The maximum absolute atomic E-state index is 13.8. The first-order valence-corrected chi connectivity index (χ1v) is 15.5. The van der Waals surface area contributed by atoms with E-state index in [1.807, 2.05) is 81.4 Å². The van der Waals surface area contributed by atoms with Gasteiger partial charge in [0, 0.05) is 5.56 Å². The molecule has 6 rings (SSSR count). The Hall–Kier alpha value is -5.15. The fourth-order valence-electron chi connectivity index (χ4n) is 5.28. The van der Waals surface area contributed by atoms with Crippen molar-refractivity contribution in [3.05, 3.63) is 119 Å². The van der Waals surface area contributed by atoms with Crippen LogP contribution in [0.25, 0.3) is 16.0 Å². The van der Waals surface area contributed by atoms with E-state index in [9.17, 15) is 14.7 Å². The number of nitrogens with zero attached hydrogens (tertiary/aromatic N) is 2. The number of aliphatic hydroxyl groups excluding tert-OH is 1. The van der Waals surface area contributed by atoms with Crippen LogP contribution in [0.2, 0.25) is 0 Å². The van der Waals surface area contributed by atoms with Crippen LogP contribution in [0.1, 0.15) is 42.1 Å². The van der Waals surface area contributed by atoms with E-state index in [4.69, 9.17) is 19.2 Å². The van der Waals surface area contributed by atoms with Gasteiger partial charge >= 0.3 is 5.91 Å². The number of carbonyl (C=O) groups excluding carboxylic acids is 2. The van der Waals surface area contributed by atoms with Gasteiger partial charge in [-0.25, -0.2) is 4.98 Å². The fraction of sp³-hybridized carbons (Fsp3) is 0.194. The Kier molecular flexibility index (Phi) is 8.53. The van der Waals surface area contributed by atoms with Crippen molar-refractivity contribution in [2.75, 3.05) is 18.1 Å². The van der Waals surface area contributed by atoms with Gasteiger partial charge in [-0.1, -0.05) is 77.6 Å². The summed E-state index contributed by atoms with van der Waals surface area (Å²) in [5.74, 6) is -0.177. The summed E-state index contributed by atoms with van der Waals surface area (Å²) in [6.45, 7) is 6.93. The highest BCUT2D eigenvalue weighted by Gasteiger charge is 2.48. The molecule has 1 aliphatic rings. The van der Waals surface area contributed by atoms with Gasteiger partial charge in [-0.3, -0.25) is 14.5 Å². The molecule has 1 fully saturated rings. The molecule has 1 saturated heterocycles. The molecule has 0 aliphatic carbocycles. The van der Waals surface area contributed by atoms with E-state index >= 15 is 0 Å². The van der Waals surface area contributed by atoms with E-state index in [-0.39, 0.29) is 11.3 Å². The molecule has 8 nitrogen and oxygen atoms in total. The third kappa shape index (κ3) is 5.99. The lowest BCUT2D eigenvalue weighted by atomic mass is 9.95. The van der Waals surface area contributed by atoms with Gasteiger partial charge in [-0.15, -0.1) is 0 Å². The summed E-state index contributed by atoms with van der Waals surface area (Å²) < 4.78 is 18.6. The van der Waals surface area contributed by atoms with E-state index in [0.29, 0.717) is 58.8 Å². The maximum Gasteiger partial charge on any atom is 0.301 e. The SMILES string of the molecule is CCOc1ccc2nc(N3C(=O)C(=O)C(=C(O)c4ccc(C)cc4)C3c3ccc(OCc4ccccc4)c(OCC)c3)sc2c1. The average Bonchev–Trinajstić information content (AvgIpc) is 3.58. The average molecular weight is 621 g/mol. The van der Waals surface area contributed by atoms with Crippen LogP contribution < -0.4 is 19.1 Å². The third-order valence-corrected chi connectivity index (χ3v) is 8.47. The highest BCUT2D eigenvalue weighted by atomic mass is 32.1. The molecular weight excluding hydrogens is 588 g/mol. The van der Waals surface area contributed by atoms with Gasteiger partial charge in [-0.2, -0.15) is 0 Å². The van der Waals surface area contributed by atoms with Crippen molar-refractivity contribution in [2.45, 2.75) is 33.4 Å². The zero-order chi connectivity index (χ0) is 31.5. The Morgan fingerprint density at radius 1 is 0.867 bits per heavy atom. The Morgan fingerprint density at radius 2 is 1.62 bits per heavy atom. The normalized spacial score (nSPS) is 15.9. The van der Waals surface area contributed by atoms with Gasteiger partial charge < -0.3 is 19.3 Å². The second-order valence-corrected chi connectivity index (χ2v) is 11.5. The number of anilines is 1. The molecule has 0 saturated carbocycles. The van der Waals surface area contributed by atoms with Crippen LogP contribution in [-0.2, 0) is 16.2 Å². The van der Waals surface area contributed by atoms with E-state index in [2.05, 4.69) is 0 Å². The fourth-order valence-corrected chi connectivity index (χ4v) is 6.30. The smallest absolute Gasteiger partial charge is 0.301 e. The number of benzene rings is 4. The number of Topliss-reactive ketones (excluding diaryl/α,β-unsaturated/α-hetero) is 1. The maximum atomic E-state index is 13.8. The zero-order valence-electron chi connectivity index (χ0n) is 25.2. The van der Waals surface area contributed by atoms with Crippen molar-refractivity contribution in [3.8, 4) is 17.2 Å². The van der Waals surface area contributed by atoms with Crippen molar-refractivity contribution in [3.63, 3.8) is 0 Å². The predicted octanol–water partition coefficient (Wildman–Crippen LogP) is 7.61. The number of amides is 1. The molecule has 1 aromatic heterocycles. The number of ether oxygens (including phenoxy) is 3. The number of hydrogen-bond acceptors (Lipinski definition) is 8. The topological polar surface area (TPSA) is 98.2 Å². The Labute approximate surface area is 265 Å². The summed E-state index contributed by atoms with van der Waals surface area (Å²) >= 11 is 1.28. The first-order chi connectivity index (χ1) is 21.9. The largest absolute Gasteiger partial charge is 0.507 e. The summed E-state index contributed by atoms with van der Waals surface area (Å²) in [5, 5.41) is 11.9. The number of carbonyl (C=O) groups is 2. The Morgan fingerprint density at radius 3 is 2.36 bits per heavy atom. The summed E-state index contributed by atoms with van der Waals surface area (Å²) in [6, 6.07) is 26.8. The number of aryl methyl sites for hydroxylation is 1. The van der Waals surface area contributed by atoms with Crippen molar-refractivity contribution in [1.29, 1.82) is 0 Å². The zero-order valence-corrected chi connectivity index (χ0v) is 26.0. The summed E-state index contributed by atoms with van der Waals surface area (Å²) in [7, 11) is 0. The van der Waals surface area contributed by atoms with Crippen LogP contribution in [-0.4, -0.2) is 35.0 Å². The minimum absolute atomic E-state index is 0.0292. The molecule has 0 bridgehead atoms. The lowest BCUT2D eigenvalue weighted by Gasteiger charge is -2.24. The van der Waals surface area contributed by atoms with Crippen LogP contribution in [0.3, 0.4) is 0 Å². The first-order valence-electron chi connectivity index (χ1n) is 14.7. The van der Waals surface area contributed by atoms with Gasteiger partial charge in [-0.05, 0) is 62.2 Å². The van der Waals surface area contributed by atoms with Crippen molar-refractivity contribution in [1.82, 2.24) is 4.98 Å². The van der Waals surface area contributed by atoms with E-state index in [1.165, 1.54) is 16.2 Å². The lowest BCUT2D eigenvalue weighted by Crippen LogP contribution is -2.29. The summed E-state index contributed by atoms with van der Waals surface area (Å²) in [5.41, 5.74) is 3.63. The van der Waals surface area contributed by atoms with Crippen LogP contribution >= 0.6 is 11.3 Å². The van der Waals surface area contributed by atoms with Gasteiger partial charge in [0.15, 0.2) is 16.6 Å². The van der Waals surface area contributed by atoms with E-state index < -0.39 is 17.7 Å². The van der Waals surface area contributed by atoms with Crippen LogP contribution in [0.4, 0.5) is 5.13 Å². The number of rotatable bonds is 10. The molecule has 5 aromatic rings. The molecule has 4 aromatic carbocycles. The molecule has 228 valence electrons. The van der Waals surface area contributed by atoms with Crippen LogP contribution in [0.15, 0.2) is 96.6 Å². The van der Waals surface area contributed by atoms with Gasteiger partial charge in [0.05, 0.1) is 35.0 Å². The molecule has 1 N–H and O–H groups in total.